The SMILES string of the molecule is O=C1c2ccccc2N=C[C@@H]2C=C=CC12. The Morgan fingerprint density at radius 1 is 1.20 bits per heavy atom. The molecule has 0 spiro atoms. The highest BCUT2D eigenvalue weighted by molar-refractivity contribution is 6.06. The van der Waals surface area contributed by atoms with Crippen LogP contribution < -0.4 is 0 Å². The van der Waals surface area contributed by atoms with E-state index in [0.717, 1.165) is 11.3 Å². The quantitative estimate of drug-likeness (QED) is 0.585. The molecule has 0 amide bonds. The summed E-state index contributed by atoms with van der Waals surface area (Å²) in [6.45, 7) is 0. The summed E-state index contributed by atoms with van der Waals surface area (Å²) in [4.78, 5) is 16.5. The molecule has 3 rings (SSSR count). The Bertz CT molecular complexity index is 521. The van der Waals surface area contributed by atoms with E-state index in [0.29, 0.717) is 0 Å². The number of carbonyl (C=O) groups excluding carboxylic acids is 1. The van der Waals surface area contributed by atoms with Crippen molar-refractivity contribution in [1.82, 2.24) is 0 Å². The van der Waals surface area contributed by atoms with Crippen LogP contribution in [0.15, 0.2) is 47.1 Å². The number of ketones is 1. The zero-order valence-corrected chi connectivity index (χ0v) is 8.05. The summed E-state index contributed by atoms with van der Waals surface area (Å²) in [7, 11) is 0. The molecule has 0 radical (unpaired) electrons. The molecule has 15 heavy (non-hydrogen) atoms. The predicted molar refractivity (Wildman–Crippen MR) is 58.6 cm³/mol. The van der Waals surface area contributed by atoms with Crippen molar-refractivity contribution in [2.45, 2.75) is 0 Å². The van der Waals surface area contributed by atoms with E-state index in [9.17, 15) is 4.79 Å². The normalized spacial score (nSPS) is 26.3. The number of benzene rings is 1. The van der Waals surface area contributed by atoms with Gasteiger partial charge in [0.1, 0.15) is 0 Å². The maximum absolute atomic E-state index is 12.1. The highest BCUT2D eigenvalue weighted by Crippen LogP contribution is 2.31. The number of carbonyl (C=O) groups is 1. The van der Waals surface area contributed by atoms with Gasteiger partial charge in [-0.05, 0) is 24.3 Å². The standard InChI is InChI=1S/C13H9NO/c15-13-10-6-3-4-9(10)8-14-12-7-2-1-5-11(12)13/h1-2,4-10H/t9-,10?/m0/s1. The fourth-order valence-corrected chi connectivity index (χ4v) is 2.01. The molecule has 1 unspecified atom stereocenters. The van der Waals surface area contributed by atoms with Gasteiger partial charge in [-0.2, -0.15) is 0 Å². The van der Waals surface area contributed by atoms with E-state index >= 15 is 0 Å². The molecule has 1 heterocycles. The zero-order chi connectivity index (χ0) is 10.3. The van der Waals surface area contributed by atoms with Crippen molar-refractivity contribution < 1.29 is 4.79 Å². The Balaban J connectivity index is 2.17. The van der Waals surface area contributed by atoms with Gasteiger partial charge in [0, 0.05) is 17.7 Å². The van der Waals surface area contributed by atoms with Crippen LogP contribution in [0.5, 0.6) is 0 Å². The van der Waals surface area contributed by atoms with Gasteiger partial charge >= 0.3 is 0 Å². The van der Waals surface area contributed by atoms with Crippen LogP contribution in [0.4, 0.5) is 5.69 Å². The summed E-state index contributed by atoms with van der Waals surface area (Å²) in [6, 6.07) is 7.48. The molecule has 0 aromatic heterocycles. The minimum Gasteiger partial charge on any atom is -0.293 e. The summed E-state index contributed by atoms with van der Waals surface area (Å²) in [5, 5.41) is 0. The Kier molecular flexibility index (Phi) is 1.70. The first kappa shape index (κ1) is 8.39. The van der Waals surface area contributed by atoms with Gasteiger partial charge in [0.2, 0.25) is 0 Å². The van der Waals surface area contributed by atoms with Crippen molar-refractivity contribution in [3.63, 3.8) is 0 Å². The maximum Gasteiger partial charge on any atom is 0.173 e. The molecule has 1 aromatic carbocycles. The van der Waals surface area contributed by atoms with E-state index in [4.69, 9.17) is 0 Å². The van der Waals surface area contributed by atoms with Gasteiger partial charge in [-0.15, -0.1) is 5.73 Å². The van der Waals surface area contributed by atoms with Crippen LogP contribution in [-0.2, 0) is 0 Å². The predicted octanol–water partition coefficient (Wildman–Crippen LogP) is 2.54. The fourth-order valence-electron chi connectivity index (χ4n) is 2.01. The van der Waals surface area contributed by atoms with Gasteiger partial charge < -0.3 is 0 Å². The fraction of sp³-hybridized carbons (Fsp3) is 0.154. The molecule has 2 heteroatoms. The number of fused-ring (bicyclic) bond motifs is 2. The average Bonchev–Trinajstić information content (AvgIpc) is 2.69. The summed E-state index contributed by atoms with van der Waals surface area (Å²) >= 11 is 0. The summed E-state index contributed by atoms with van der Waals surface area (Å²) < 4.78 is 0. The van der Waals surface area contributed by atoms with E-state index < -0.39 is 0 Å². The Hall–Kier alpha value is -1.92. The number of para-hydroxylation sites is 1. The number of allylic oxidation sites excluding steroid dienone is 1. The first-order valence-corrected chi connectivity index (χ1v) is 4.96. The molecule has 0 saturated carbocycles. The molecule has 1 aromatic rings. The molecule has 2 aliphatic rings. The lowest BCUT2D eigenvalue weighted by Crippen LogP contribution is -2.18. The van der Waals surface area contributed by atoms with Crippen molar-refractivity contribution in [3.8, 4) is 0 Å². The van der Waals surface area contributed by atoms with E-state index in [1.54, 1.807) is 0 Å². The van der Waals surface area contributed by atoms with Gasteiger partial charge in [0.25, 0.3) is 0 Å². The zero-order valence-electron chi connectivity index (χ0n) is 8.05. The molecule has 0 saturated heterocycles. The highest BCUT2D eigenvalue weighted by atomic mass is 16.1. The van der Waals surface area contributed by atoms with Crippen LogP contribution in [0.2, 0.25) is 0 Å². The highest BCUT2D eigenvalue weighted by Gasteiger charge is 2.30. The van der Waals surface area contributed by atoms with Crippen molar-refractivity contribution in [2.75, 3.05) is 0 Å². The topological polar surface area (TPSA) is 29.4 Å². The van der Waals surface area contributed by atoms with Gasteiger partial charge in [0.05, 0.1) is 11.6 Å². The van der Waals surface area contributed by atoms with E-state index in [2.05, 4.69) is 10.7 Å². The third kappa shape index (κ3) is 1.19. The molecule has 1 aliphatic heterocycles. The molecule has 2 nitrogen and oxygen atoms in total. The molecule has 0 bridgehead atoms. The second kappa shape index (κ2) is 3.04. The largest absolute Gasteiger partial charge is 0.293 e. The number of aliphatic imine (C=N–C) groups is 1. The third-order valence-electron chi connectivity index (χ3n) is 2.84. The summed E-state index contributed by atoms with van der Waals surface area (Å²) in [6.07, 6.45) is 5.57. The molecule has 72 valence electrons. The minimum atomic E-state index is -0.0996. The monoisotopic (exact) mass is 195 g/mol. The summed E-state index contributed by atoms with van der Waals surface area (Å²) in [5.74, 6) is 0.136. The lowest BCUT2D eigenvalue weighted by atomic mass is 9.90. The average molecular weight is 195 g/mol. The minimum absolute atomic E-state index is 0.0879. The van der Waals surface area contributed by atoms with Crippen LogP contribution in [-0.4, -0.2) is 12.0 Å². The Labute approximate surface area is 87.7 Å². The van der Waals surface area contributed by atoms with Gasteiger partial charge in [-0.3, -0.25) is 9.79 Å². The molecular weight excluding hydrogens is 186 g/mol. The summed E-state index contributed by atoms with van der Waals surface area (Å²) in [5.41, 5.74) is 4.48. The molecular formula is C13H9NO. The molecule has 0 N–H and O–H groups in total. The number of Topliss-reactive ketones (excluding diaryl/α,β-unsaturated/α-hetero) is 1. The van der Waals surface area contributed by atoms with Crippen molar-refractivity contribution in [2.24, 2.45) is 16.8 Å². The lowest BCUT2D eigenvalue weighted by Gasteiger charge is -2.09. The van der Waals surface area contributed by atoms with Crippen LogP contribution in [0.3, 0.4) is 0 Å². The molecule has 2 atom stereocenters. The first-order valence-electron chi connectivity index (χ1n) is 4.96. The molecule has 0 fully saturated rings. The lowest BCUT2D eigenvalue weighted by molar-refractivity contribution is 0.0940. The maximum atomic E-state index is 12.1. The second-order valence-corrected chi connectivity index (χ2v) is 3.76. The van der Waals surface area contributed by atoms with Crippen molar-refractivity contribution in [3.05, 3.63) is 47.7 Å². The van der Waals surface area contributed by atoms with Crippen molar-refractivity contribution >= 4 is 17.7 Å². The van der Waals surface area contributed by atoms with Gasteiger partial charge in [0.15, 0.2) is 5.78 Å². The number of rotatable bonds is 0. The van der Waals surface area contributed by atoms with E-state index in [1.807, 2.05) is 42.6 Å². The number of nitrogens with zero attached hydrogens (tertiary/aromatic N) is 1. The van der Waals surface area contributed by atoms with Crippen LogP contribution >= 0.6 is 0 Å². The first-order chi connectivity index (χ1) is 7.36. The molecule has 1 aliphatic carbocycles. The Morgan fingerprint density at radius 3 is 3.00 bits per heavy atom. The van der Waals surface area contributed by atoms with E-state index in [-0.39, 0.29) is 17.6 Å². The van der Waals surface area contributed by atoms with Crippen LogP contribution in [0, 0.1) is 11.8 Å². The van der Waals surface area contributed by atoms with Gasteiger partial charge in [-0.1, -0.05) is 12.1 Å². The second-order valence-electron chi connectivity index (χ2n) is 3.76. The smallest absolute Gasteiger partial charge is 0.173 e. The van der Waals surface area contributed by atoms with E-state index in [1.165, 1.54) is 0 Å². The number of hydrogen-bond donors (Lipinski definition) is 0. The van der Waals surface area contributed by atoms with Gasteiger partial charge in [-0.25, -0.2) is 0 Å². The van der Waals surface area contributed by atoms with Crippen molar-refractivity contribution in [1.29, 1.82) is 0 Å². The Morgan fingerprint density at radius 2 is 2.07 bits per heavy atom. The third-order valence-corrected chi connectivity index (χ3v) is 2.84. The van der Waals surface area contributed by atoms with Crippen LogP contribution in [0.1, 0.15) is 10.4 Å². The van der Waals surface area contributed by atoms with Crippen LogP contribution in [0.25, 0.3) is 0 Å². The number of hydrogen-bond acceptors (Lipinski definition) is 2.